The lowest BCUT2D eigenvalue weighted by Gasteiger charge is -2.23. The number of fused-ring (bicyclic) bond motifs is 2. The third-order valence-corrected chi connectivity index (χ3v) is 8.03. The second kappa shape index (κ2) is 12.1. The molecular formula is C31H43Cl. The van der Waals surface area contributed by atoms with Gasteiger partial charge in [0, 0.05) is 5.88 Å². The maximum atomic E-state index is 6.04. The lowest BCUT2D eigenvalue weighted by Crippen LogP contribution is -2.10. The highest BCUT2D eigenvalue weighted by Crippen LogP contribution is 2.36. The van der Waals surface area contributed by atoms with Crippen LogP contribution < -0.4 is 0 Å². The molecule has 0 amide bonds. The summed E-state index contributed by atoms with van der Waals surface area (Å²) in [5.41, 5.74) is 6.06. The second-order valence-corrected chi connectivity index (χ2v) is 10.3. The van der Waals surface area contributed by atoms with E-state index in [-0.39, 0.29) is 0 Å². The summed E-state index contributed by atoms with van der Waals surface area (Å²) >= 11 is 6.04. The van der Waals surface area contributed by atoms with Crippen molar-refractivity contribution in [3.63, 3.8) is 0 Å². The van der Waals surface area contributed by atoms with Crippen molar-refractivity contribution in [1.29, 1.82) is 0 Å². The van der Waals surface area contributed by atoms with E-state index in [1.165, 1.54) is 84.0 Å². The topological polar surface area (TPSA) is 0 Å². The van der Waals surface area contributed by atoms with Crippen LogP contribution in [0.25, 0.3) is 21.5 Å². The smallest absolute Gasteiger partial charge is 0.0223 e. The Morgan fingerprint density at radius 3 is 1.56 bits per heavy atom. The Labute approximate surface area is 201 Å². The highest BCUT2D eigenvalue weighted by atomic mass is 35.5. The van der Waals surface area contributed by atoms with Crippen molar-refractivity contribution in [2.45, 2.75) is 92.4 Å². The Morgan fingerprint density at radius 2 is 1.16 bits per heavy atom. The van der Waals surface area contributed by atoms with Gasteiger partial charge >= 0.3 is 0 Å². The SMILES string of the molecule is CCCCC(CC)Cc1cc2c(C)c3ccccc3c(C)c2cc1CC(CC)CCCCl. The van der Waals surface area contributed by atoms with Crippen LogP contribution >= 0.6 is 11.6 Å². The van der Waals surface area contributed by atoms with Crippen LogP contribution in [0.15, 0.2) is 36.4 Å². The zero-order chi connectivity index (χ0) is 23.1. The largest absolute Gasteiger partial charge is 0.127 e. The van der Waals surface area contributed by atoms with Gasteiger partial charge in [0.2, 0.25) is 0 Å². The Morgan fingerprint density at radius 1 is 0.688 bits per heavy atom. The fourth-order valence-electron chi connectivity index (χ4n) is 5.50. The monoisotopic (exact) mass is 450 g/mol. The van der Waals surface area contributed by atoms with E-state index in [2.05, 4.69) is 71.0 Å². The van der Waals surface area contributed by atoms with Gasteiger partial charge in [0.25, 0.3) is 0 Å². The number of aryl methyl sites for hydroxylation is 2. The maximum absolute atomic E-state index is 6.04. The number of hydrogen-bond donors (Lipinski definition) is 0. The lowest BCUT2D eigenvalue weighted by atomic mass is 9.82. The summed E-state index contributed by atoms with van der Waals surface area (Å²) in [6.07, 6.45) is 11.3. The van der Waals surface area contributed by atoms with Crippen LogP contribution in [0.3, 0.4) is 0 Å². The van der Waals surface area contributed by atoms with Gasteiger partial charge in [-0.15, -0.1) is 11.6 Å². The van der Waals surface area contributed by atoms with Crippen molar-refractivity contribution >= 4 is 33.1 Å². The molecule has 0 radical (unpaired) electrons. The summed E-state index contributed by atoms with van der Waals surface area (Å²) in [6.45, 7) is 11.7. The van der Waals surface area contributed by atoms with Crippen molar-refractivity contribution in [2.75, 3.05) is 5.88 Å². The molecule has 1 heteroatoms. The zero-order valence-electron chi connectivity index (χ0n) is 21.1. The van der Waals surface area contributed by atoms with Crippen LogP contribution in [0.5, 0.6) is 0 Å². The molecule has 0 N–H and O–H groups in total. The Hall–Kier alpha value is -1.53. The van der Waals surface area contributed by atoms with E-state index in [4.69, 9.17) is 11.6 Å². The molecule has 3 aromatic carbocycles. The van der Waals surface area contributed by atoms with Crippen molar-refractivity contribution in [2.24, 2.45) is 11.8 Å². The van der Waals surface area contributed by atoms with E-state index in [0.29, 0.717) is 0 Å². The molecular weight excluding hydrogens is 408 g/mol. The summed E-state index contributed by atoms with van der Waals surface area (Å²) in [5, 5.41) is 5.72. The van der Waals surface area contributed by atoms with Crippen molar-refractivity contribution in [3.05, 3.63) is 58.7 Å². The second-order valence-electron chi connectivity index (χ2n) is 9.89. The first-order chi connectivity index (χ1) is 15.5. The Bertz CT molecular complexity index is 934. The number of halogens is 1. The third kappa shape index (κ3) is 5.69. The molecule has 0 aliphatic rings. The molecule has 0 heterocycles. The van der Waals surface area contributed by atoms with E-state index >= 15 is 0 Å². The minimum absolute atomic E-state index is 0.725. The number of unbranched alkanes of at least 4 members (excludes halogenated alkanes) is 1. The van der Waals surface area contributed by atoms with Gasteiger partial charge in [-0.25, -0.2) is 0 Å². The van der Waals surface area contributed by atoms with Crippen molar-refractivity contribution < 1.29 is 0 Å². The molecule has 0 aromatic heterocycles. The van der Waals surface area contributed by atoms with Gasteiger partial charge in [0.15, 0.2) is 0 Å². The van der Waals surface area contributed by atoms with Crippen molar-refractivity contribution in [1.82, 2.24) is 0 Å². The van der Waals surface area contributed by atoms with Crippen LogP contribution in [0.4, 0.5) is 0 Å². The van der Waals surface area contributed by atoms with Crippen LogP contribution in [0.1, 0.15) is 88.0 Å². The number of alkyl halides is 1. The highest BCUT2D eigenvalue weighted by Gasteiger charge is 2.17. The van der Waals surface area contributed by atoms with Gasteiger partial charge in [-0.1, -0.05) is 89.3 Å². The standard InChI is InChI=1S/C31H43Cl/c1-6-9-13-24(7-2)18-26-20-30-22(4)28-15-10-11-16-29(28)23(5)31(30)21-27(26)19-25(8-3)14-12-17-32/h10-11,15-16,20-21,24-25H,6-9,12-14,17-19H2,1-5H3. The van der Waals surface area contributed by atoms with Crippen LogP contribution in [0, 0.1) is 25.7 Å². The van der Waals surface area contributed by atoms with Gasteiger partial charge < -0.3 is 0 Å². The predicted molar refractivity (Wildman–Crippen MR) is 145 cm³/mol. The fourth-order valence-corrected chi connectivity index (χ4v) is 5.65. The summed E-state index contributed by atoms with van der Waals surface area (Å²) in [5.74, 6) is 2.29. The van der Waals surface area contributed by atoms with Crippen LogP contribution in [-0.2, 0) is 12.8 Å². The number of benzene rings is 3. The normalized spacial score (nSPS) is 13.7. The van der Waals surface area contributed by atoms with E-state index < -0.39 is 0 Å². The molecule has 0 spiro atoms. The molecule has 174 valence electrons. The Balaban J connectivity index is 2.13. The summed E-state index contributed by atoms with van der Waals surface area (Å²) in [4.78, 5) is 0. The minimum Gasteiger partial charge on any atom is -0.127 e. The first-order valence-corrected chi connectivity index (χ1v) is 13.6. The molecule has 0 bridgehead atoms. The third-order valence-electron chi connectivity index (χ3n) is 7.77. The first kappa shape index (κ1) is 25.1. The van der Waals surface area contributed by atoms with Crippen molar-refractivity contribution in [3.8, 4) is 0 Å². The van der Waals surface area contributed by atoms with E-state index in [9.17, 15) is 0 Å². The van der Waals surface area contributed by atoms with E-state index in [1.807, 2.05) is 0 Å². The molecule has 32 heavy (non-hydrogen) atoms. The zero-order valence-corrected chi connectivity index (χ0v) is 21.8. The molecule has 0 aliphatic heterocycles. The molecule has 0 saturated carbocycles. The van der Waals surface area contributed by atoms with Gasteiger partial charge in [-0.2, -0.15) is 0 Å². The van der Waals surface area contributed by atoms with Crippen LogP contribution in [-0.4, -0.2) is 5.88 Å². The van der Waals surface area contributed by atoms with Gasteiger partial charge in [-0.3, -0.25) is 0 Å². The Kier molecular flexibility index (Phi) is 9.47. The molecule has 3 rings (SSSR count). The van der Waals surface area contributed by atoms with Gasteiger partial charge in [0.1, 0.15) is 0 Å². The van der Waals surface area contributed by atoms with Crippen LogP contribution in [0.2, 0.25) is 0 Å². The average molecular weight is 451 g/mol. The van der Waals surface area contributed by atoms with Gasteiger partial charge in [-0.05, 0) is 95.2 Å². The summed E-state index contributed by atoms with van der Waals surface area (Å²) in [7, 11) is 0. The lowest BCUT2D eigenvalue weighted by molar-refractivity contribution is 0.439. The number of rotatable bonds is 12. The summed E-state index contributed by atoms with van der Waals surface area (Å²) < 4.78 is 0. The molecule has 3 aromatic rings. The van der Waals surface area contributed by atoms with E-state index in [1.54, 1.807) is 11.1 Å². The predicted octanol–water partition coefficient (Wildman–Crippen LogP) is 9.96. The van der Waals surface area contributed by atoms with E-state index in [0.717, 1.165) is 24.1 Å². The molecule has 0 aliphatic carbocycles. The molecule has 2 unspecified atom stereocenters. The molecule has 0 fully saturated rings. The molecule has 0 saturated heterocycles. The first-order valence-electron chi connectivity index (χ1n) is 13.0. The van der Waals surface area contributed by atoms with Gasteiger partial charge in [0.05, 0.1) is 0 Å². The fraction of sp³-hybridized carbons (Fsp3) is 0.548. The highest BCUT2D eigenvalue weighted by molar-refractivity contribution is 6.17. The molecule has 0 nitrogen and oxygen atoms in total. The average Bonchev–Trinajstić information content (AvgIpc) is 2.83. The molecule has 2 atom stereocenters. The maximum Gasteiger partial charge on any atom is 0.0223 e. The summed E-state index contributed by atoms with van der Waals surface area (Å²) in [6, 6.07) is 14.1. The quantitative estimate of drug-likeness (QED) is 0.190. The number of hydrogen-bond acceptors (Lipinski definition) is 0. The minimum atomic E-state index is 0.725.